The molecule has 8 heteroatoms. The van der Waals surface area contributed by atoms with Crippen molar-refractivity contribution in [3.05, 3.63) is 29.8 Å². The van der Waals surface area contributed by atoms with Gasteiger partial charge in [0, 0.05) is 17.5 Å². The summed E-state index contributed by atoms with van der Waals surface area (Å²) in [6, 6.07) is 5.85. The number of methoxy groups -OCH3 is 1. The van der Waals surface area contributed by atoms with Crippen LogP contribution in [0.15, 0.2) is 24.3 Å². The number of aliphatic carboxylic acids is 2. The van der Waals surface area contributed by atoms with Crippen LogP contribution in [0.5, 0.6) is 5.75 Å². The second kappa shape index (κ2) is 5.48. The first-order chi connectivity index (χ1) is 11.3. The predicted octanol–water partition coefficient (Wildman–Crippen LogP) is -0.0738. The number of benzene rings is 1. The van der Waals surface area contributed by atoms with Gasteiger partial charge in [0.25, 0.3) is 5.91 Å². The van der Waals surface area contributed by atoms with E-state index in [4.69, 9.17) is 10.5 Å². The van der Waals surface area contributed by atoms with Crippen molar-refractivity contribution in [2.24, 2.45) is 23.5 Å². The van der Waals surface area contributed by atoms with Gasteiger partial charge in [0.15, 0.2) is 0 Å². The molecule has 2 saturated carbocycles. The molecule has 24 heavy (non-hydrogen) atoms. The average molecular weight is 334 g/mol. The Balaban J connectivity index is 1.76. The zero-order chi connectivity index (χ0) is 17.6. The minimum absolute atomic E-state index is 0.0172. The van der Waals surface area contributed by atoms with Crippen LogP contribution in [-0.4, -0.2) is 46.7 Å². The summed E-state index contributed by atoms with van der Waals surface area (Å²) in [5.41, 5.74) is 4.69. The molecular weight excluding hydrogens is 316 g/mol. The van der Waals surface area contributed by atoms with Gasteiger partial charge in [-0.05, 0) is 36.6 Å². The number of carbonyl (C=O) groups is 3. The van der Waals surface area contributed by atoms with Crippen LogP contribution in [-0.2, 0) is 9.59 Å². The lowest BCUT2D eigenvalue weighted by molar-refractivity contribution is -0.145. The highest BCUT2D eigenvalue weighted by Crippen LogP contribution is 2.61. The number of nitrogens with one attached hydrogen (secondary N) is 1. The van der Waals surface area contributed by atoms with Gasteiger partial charge in [0.05, 0.1) is 13.0 Å². The fourth-order valence-corrected chi connectivity index (χ4v) is 3.82. The molecule has 0 heterocycles. The fraction of sp³-hybridized carbons (Fsp3) is 0.438. The Bertz CT molecular complexity index is 703. The molecule has 2 aliphatic rings. The SMILES string of the molecule is COc1ccc(C(=O)NC2CC(N)(C(=O)O)C3C(C(=O)O)C23)cc1. The Morgan fingerprint density at radius 1 is 1.25 bits per heavy atom. The first-order valence-electron chi connectivity index (χ1n) is 7.49. The van der Waals surface area contributed by atoms with Crippen molar-refractivity contribution in [3.8, 4) is 5.75 Å². The van der Waals surface area contributed by atoms with Crippen LogP contribution in [0.3, 0.4) is 0 Å². The normalized spacial score (nSPS) is 33.4. The standard InChI is InChI=1S/C16H18N2O6/c1-24-8-4-2-7(3-5-8)13(19)18-9-6-16(17,15(22)23)12-10(9)11(12)14(20)21/h2-5,9-12H,6,17H2,1H3,(H,18,19)(H,20,21)(H,22,23). The third-order valence-electron chi connectivity index (χ3n) is 5.04. The molecule has 0 aliphatic heterocycles. The number of carboxylic acids is 2. The molecule has 5 unspecified atom stereocenters. The third kappa shape index (κ3) is 2.39. The number of nitrogens with two attached hydrogens (primary N) is 1. The minimum atomic E-state index is -1.62. The van der Waals surface area contributed by atoms with Crippen LogP contribution in [0.4, 0.5) is 0 Å². The van der Waals surface area contributed by atoms with Gasteiger partial charge in [-0.2, -0.15) is 0 Å². The lowest BCUT2D eigenvalue weighted by Gasteiger charge is -2.25. The molecule has 0 radical (unpaired) electrons. The molecule has 1 amide bonds. The maximum Gasteiger partial charge on any atom is 0.324 e. The molecule has 3 rings (SSSR count). The molecule has 8 nitrogen and oxygen atoms in total. The molecule has 0 bridgehead atoms. The van der Waals surface area contributed by atoms with E-state index in [2.05, 4.69) is 5.32 Å². The van der Waals surface area contributed by atoms with E-state index in [9.17, 15) is 24.6 Å². The van der Waals surface area contributed by atoms with E-state index in [1.807, 2.05) is 0 Å². The zero-order valence-corrected chi connectivity index (χ0v) is 12.9. The van der Waals surface area contributed by atoms with Crippen molar-refractivity contribution in [1.82, 2.24) is 5.32 Å². The first-order valence-corrected chi connectivity index (χ1v) is 7.49. The van der Waals surface area contributed by atoms with E-state index >= 15 is 0 Å². The van der Waals surface area contributed by atoms with Gasteiger partial charge in [-0.15, -0.1) is 0 Å². The van der Waals surface area contributed by atoms with Crippen LogP contribution >= 0.6 is 0 Å². The maximum atomic E-state index is 12.3. The number of fused-ring (bicyclic) bond motifs is 1. The number of hydrogen-bond donors (Lipinski definition) is 4. The van der Waals surface area contributed by atoms with Crippen LogP contribution in [0.1, 0.15) is 16.8 Å². The summed E-state index contributed by atoms with van der Waals surface area (Å²) in [6.07, 6.45) is 0.0172. The van der Waals surface area contributed by atoms with Crippen molar-refractivity contribution in [2.75, 3.05) is 7.11 Å². The average Bonchev–Trinajstić information content (AvgIpc) is 3.24. The van der Waals surface area contributed by atoms with Gasteiger partial charge in [-0.1, -0.05) is 0 Å². The molecule has 128 valence electrons. The van der Waals surface area contributed by atoms with Gasteiger partial charge < -0.3 is 26.0 Å². The van der Waals surface area contributed by atoms with E-state index in [-0.39, 0.29) is 6.42 Å². The van der Waals surface area contributed by atoms with E-state index in [1.165, 1.54) is 7.11 Å². The smallest absolute Gasteiger partial charge is 0.324 e. The summed E-state index contributed by atoms with van der Waals surface area (Å²) < 4.78 is 5.02. The molecule has 0 saturated heterocycles. The molecule has 0 spiro atoms. The van der Waals surface area contributed by atoms with Gasteiger partial charge in [0.2, 0.25) is 0 Å². The summed E-state index contributed by atoms with van der Waals surface area (Å²) in [5.74, 6) is -4.05. The van der Waals surface area contributed by atoms with Crippen LogP contribution < -0.4 is 15.8 Å². The molecule has 1 aromatic rings. The summed E-state index contributed by atoms with van der Waals surface area (Å²) in [4.78, 5) is 35.1. The minimum Gasteiger partial charge on any atom is -0.497 e. The zero-order valence-electron chi connectivity index (χ0n) is 12.9. The number of carbonyl (C=O) groups excluding carboxylic acids is 1. The highest BCUT2D eigenvalue weighted by molar-refractivity contribution is 5.95. The van der Waals surface area contributed by atoms with E-state index in [1.54, 1.807) is 24.3 Å². The summed E-state index contributed by atoms with van der Waals surface area (Å²) in [5, 5.41) is 21.3. The molecule has 0 aromatic heterocycles. The maximum absolute atomic E-state index is 12.3. The Hall–Kier alpha value is -2.61. The van der Waals surface area contributed by atoms with E-state index in [0.29, 0.717) is 11.3 Å². The van der Waals surface area contributed by atoms with Gasteiger partial charge in [-0.25, -0.2) is 0 Å². The molecule has 2 aliphatic carbocycles. The second-order valence-electron chi connectivity index (χ2n) is 6.33. The Morgan fingerprint density at radius 2 is 1.88 bits per heavy atom. The lowest BCUT2D eigenvalue weighted by Crippen LogP contribution is -2.52. The van der Waals surface area contributed by atoms with Crippen LogP contribution in [0.2, 0.25) is 0 Å². The van der Waals surface area contributed by atoms with Gasteiger partial charge in [0.1, 0.15) is 11.3 Å². The number of rotatable bonds is 5. The Kier molecular flexibility index (Phi) is 3.71. The van der Waals surface area contributed by atoms with Crippen LogP contribution in [0, 0.1) is 17.8 Å². The number of carboxylic acid groups (broad SMARTS) is 2. The van der Waals surface area contributed by atoms with Crippen molar-refractivity contribution in [2.45, 2.75) is 18.0 Å². The van der Waals surface area contributed by atoms with Gasteiger partial charge in [-0.3, -0.25) is 14.4 Å². The second-order valence-corrected chi connectivity index (χ2v) is 6.33. The predicted molar refractivity (Wildman–Crippen MR) is 81.5 cm³/mol. The van der Waals surface area contributed by atoms with Crippen molar-refractivity contribution in [3.63, 3.8) is 0 Å². The van der Waals surface area contributed by atoms with Crippen molar-refractivity contribution >= 4 is 17.8 Å². The summed E-state index contributed by atoms with van der Waals surface area (Å²) in [7, 11) is 1.51. The van der Waals surface area contributed by atoms with E-state index in [0.717, 1.165) is 0 Å². The summed E-state index contributed by atoms with van der Waals surface area (Å²) in [6.45, 7) is 0. The van der Waals surface area contributed by atoms with Gasteiger partial charge >= 0.3 is 11.9 Å². The Morgan fingerprint density at radius 3 is 2.38 bits per heavy atom. The molecule has 1 aromatic carbocycles. The summed E-state index contributed by atoms with van der Waals surface area (Å²) >= 11 is 0. The number of hydrogen-bond acceptors (Lipinski definition) is 5. The molecule has 5 N–H and O–H groups in total. The Labute approximate surface area is 137 Å². The topological polar surface area (TPSA) is 139 Å². The number of ether oxygens (including phenoxy) is 1. The fourth-order valence-electron chi connectivity index (χ4n) is 3.82. The highest BCUT2D eigenvalue weighted by Gasteiger charge is 2.74. The molecule has 2 fully saturated rings. The highest BCUT2D eigenvalue weighted by atomic mass is 16.5. The monoisotopic (exact) mass is 334 g/mol. The first kappa shape index (κ1) is 16.3. The largest absolute Gasteiger partial charge is 0.497 e. The lowest BCUT2D eigenvalue weighted by atomic mass is 9.90. The number of amides is 1. The molecular formula is C16H18N2O6. The third-order valence-corrected chi connectivity index (χ3v) is 5.04. The van der Waals surface area contributed by atoms with Crippen molar-refractivity contribution in [1.29, 1.82) is 0 Å². The van der Waals surface area contributed by atoms with Crippen molar-refractivity contribution < 1.29 is 29.3 Å². The van der Waals surface area contributed by atoms with E-state index < -0.39 is 47.2 Å². The molecule has 5 atom stereocenters. The quantitative estimate of drug-likeness (QED) is 0.591. The van der Waals surface area contributed by atoms with Crippen LogP contribution in [0.25, 0.3) is 0 Å².